The smallest absolute Gasteiger partial charge is 0.134 e. The molecule has 0 heterocycles. The lowest BCUT2D eigenvalue weighted by molar-refractivity contribution is -0.104. The Morgan fingerprint density at radius 3 is 1.88 bits per heavy atom. The first-order chi connectivity index (χ1) is 7.56. The van der Waals surface area contributed by atoms with E-state index in [9.17, 15) is 0 Å². The van der Waals surface area contributed by atoms with Gasteiger partial charge in [0, 0.05) is 0 Å². The Morgan fingerprint density at radius 2 is 1.50 bits per heavy atom. The zero-order valence-electron chi connectivity index (χ0n) is 11.4. The number of nitrogens with two attached hydrogens (primary N) is 1. The van der Waals surface area contributed by atoms with Crippen LogP contribution in [0.25, 0.3) is 0 Å². The van der Waals surface area contributed by atoms with Gasteiger partial charge < -0.3 is 15.2 Å². The van der Waals surface area contributed by atoms with Crippen molar-refractivity contribution in [2.45, 2.75) is 46.1 Å². The molecule has 0 aliphatic carbocycles. The first-order valence-corrected chi connectivity index (χ1v) is 8.31. The van der Waals surface area contributed by atoms with Gasteiger partial charge in [-0.15, -0.1) is 0 Å². The van der Waals surface area contributed by atoms with Crippen LogP contribution in [0.3, 0.4) is 0 Å². The minimum absolute atomic E-state index is 0.0938. The van der Waals surface area contributed by atoms with E-state index in [0.29, 0.717) is 11.8 Å². The molecule has 0 fully saturated rings. The average Bonchev–Trinajstić information content (AvgIpc) is 2.21. The molecule has 98 valence electrons. The maximum Gasteiger partial charge on any atom is 0.134 e. The standard InChI is InChI=1S/C12H29NO2Si/c1-10(2)8-14-12(15-9-11(3)4)16-7-5-6-13/h10-12H,5-9,13,16H2,1-4H3. The van der Waals surface area contributed by atoms with Crippen molar-refractivity contribution in [1.82, 2.24) is 0 Å². The molecule has 3 nitrogen and oxygen atoms in total. The van der Waals surface area contributed by atoms with Crippen LogP contribution in [0.5, 0.6) is 0 Å². The molecule has 0 amide bonds. The van der Waals surface area contributed by atoms with Crippen LogP contribution in [0.2, 0.25) is 6.04 Å². The number of hydrogen-bond acceptors (Lipinski definition) is 3. The third-order valence-corrected chi connectivity index (χ3v) is 3.98. The molecule has 0 spiro atoms. The summed E-state index contributed by atoms with van der Waals surface area (Å²) in [5.41, 5.74) is 5.50. The van der Waals surface area contributed by atoms with Crippen molar-refractivity contribution in [3.8, 4) is 0 Å². The average molecular weight is 247 g/mol. The summed E-state index contributed by atoms with van der Waals surface area (Å²) >= 11 is 0. The lowest BCUT2D eigenvalue weighted by atomic mass is 10.2. The molecule has 0 unspecified atom stereocenters. The van der Waals surface area contributed by atoms with Crippen LogP contribution >= 0.6 is 0 Å². The van der Waals surface area contributed by atoms with Crippen molar-refractivity contribution < 1.29 is 9.47 Å². The maximum absolute atomic E-state index is 5.80. The van der Waals surface area contributed by atoms with Gasteiger partial charge in [-0.1, -0.05) is 33.7 Å². The zero-order chi connectivity index (χ0) is 12.4. The third-order valence-electron chi connectivity index (χ3n) is 2.12. The number of hydrogen-bond donors (Lipinski definition) is 1. The molecule has 0 aromatic carbocycles. The normalized spacial score (nSPS) is 12.8. The molecule has 0 rings (SSSR count). The number of rotatable bonds is 10. The van der Waals surface area contributed by atoms with E-state index in [1.165, 1.54) is 6.04 Å². The van der Waals surface area contributed by atoms with E-state index in [0.717, 1.165) is 26.2 Å². The highest BCUT2D eigenvalue weighted by Gasteiger charge is 2.11. The Morgan fingerprint density at radius 1 is 1.00 bits per heavy atom. The molecule has 0 aromatic heterocycles. The van der Waals surface area contributed by atoms with E-state index in [4.69, 9.17) is 15.2 Å². The van der Waals surface area contributed by atoms with Gasteiger partial charge in [-0.05, 0) is 24.8 Å². The van der Waals surface area contributed by atoms with Gasteiger partial charge in [-0.25, -0.2) is 0 Å². The van der Waals surface area contributed by atoms with Crippen LogP contribution in [0.15, 0.2) is 0 Å². The van der Waals surface area contributed by atoms with Gasteiger partial charge in [0.2, 0.25) is 0 Å². The quantitative estimate of drug-likeness (QED) is 0.362. The second-order valence-corrected chi connectivity index (χ2v) is 7.12. The van der Waals surface area contributed by atoms with Crippen molar-refractivity contribution in [2.75, 3.05) is 19.8 Å². The molecule has 0 aliphatic heterocycles. The fourth-order valence-corrected chi connectivity index (χ4v) is 2.79. The minimum Gasteiger partial charge on any atom is -0.357 e. The van der Waals surface area contributed by atoms with Crippen LogP contribution in [0.1, 0.15) is 34.1 Å². The van der Waals surface area contributed by atoms with Crippen LogP contribution < -0.4 is 5.73 Å². The molecule has 0 saturated carbocycles. The van der Waals surface area contributed by atoms with Gasteiger partial charge in [-0.2, -0.15) is 0 Å². The van der Waals surface area contributed by atoms with Crippen molar-refractivity contribution in [1.29, 1.82) is 0 Å². The first-order valence-electron chi connectivity index (χ1n) is 6.49. The molecule has 0 aromatic rings. The van der Waals surface area contributed by atoms with Crippen molar-refractivity contribution in [3.63, 3.8) is 0 Å². The van der Waals surface area contributed by atoms with Crippen LogP contribution in [0.4, 0.5) is 0 Å². The summed E-state index contributed by atoms with van der Waals surface area (Å²) in [6.07, 6.45) is 1.11. The summed E-state index contributed by atoms with van der Waals surface area (Å²) in [7, 11) is -0.296. The molecule has 4 heteroatoms. The summed E-state index contributed by atoms with van der Waals surface area (Å²) < 4.78 is 11.6. The zero-order valence-corrected chi connectivity index (χ0v) is 12.8. The van der Waals surface area contributed by atoms with Crippen molar-refractivity contribution >= 4 is 9.52 Å². The van der Waals surface area contributed by atoms with Crippen LogP contribution in [0, 0.1) is 11.8 Å². The fourth-order valence-electron chi connectivity index (χ4n) is 1.27. The first kappa shape index (κ1) is 16.1. The predicted molar refractivity (Wildman–Crippen MR) is 72.4 cm³/mol. The molecular formula is C12H29NO2Si. The topological polar surface area (TPSA) is 44.5 Å². The lowest BCUT2D eigenvalue weighted by Gasteiger charge is -2.20. The van der Waals surface area contributed by atoms with Crippen molar-refractivity contribution in [3.05, 3.63) is 0 Å². The molecule has 0 bridgehead atoms. The number of ether oxygens (including phenoxy) is 2. The fraction of sp³-hybridized carbons (Fsp3) is 1.00. The van der Waals surface area contributed by atoms with Crippen molar-refractivity contribution in [2.24, 2.45) is 17.6 Å². The Balaban J connectivity index is 3.76. The Bertz CT molecular complexity index is 142. The predicted octanol–water partition coefficient (Wildman–Crippen LogP) is 1.55. The van der Waals surface area contributed by atoms with Crippen LogP contribution in [-0.2, 0) is 9.47 Å². The van der Waals surface area contributed by atoms with E-state index in [1.54, 1.807) is 0 Å². The summed E-state index contributed by atoms with van der Waals surface area (Å²) in [6, 6.07) is 1.22. The second-order valence-electron chi connectivity index (χ2n) is 5.17. The van der Waals surface area contributed by atoms with E-state index in [2.05, 4.69) is 27.7 Å². The summed E-state index contributed by atoms with van der Waals surface area (Å²) in [6.45, 7) is 11.1. The molecular weight excluding hydrogens is 218 g/mol. The highest BCUT2D eigenvalue weighted by molar-refractivity contribution is 6.36. The van der Waals surface area contributed by atoms with Gasteiger partial charge in [0.1, 0.15) is 5.91 Å². The van der Waals surface area contributed by atoms with E-state index < -0.39 is 0 Å². The molecule has 2 N–H and O–H groups in total. The second kappa shape index (κ2) is 10.3. The summed E-state index contributed by atoms with van der Waals surface area (Å²) in [5.74, 6) is 1.25. The molecule has 0 aliphatic rings. The van der Waals surface area contributed by atoms with E-state index >= 15 is 0 Å². The lowest BCUT2D eigenvalue weighted by Crippen LogP contribution is -2.28. The van der Waals surface area contributed by atoms with Gasteiger partial charge >= 0.3 is 0 Å². The van der Waals surface area contributed by atoms with Gasteiger partial charge in [0.25, 0.3) is 0 Å². The highest BCUT2D eigenvalue weighted by atomic mass is 28.2. The summed E-state index contributed by atoms with van der Waals surface area (Å²) in [4.78, 5) is 0. The van der Waals surface area contributed by atoms with Gasteiger partial charge in [0.05, 0.1) is 22.7 Å². The SMILES string of the molecule is CC(C)COC(OCC(C)C)[SiH2]CCCN. The molecule has 0 atom stereocenters. The Hall–Kier alpha value is 0.0969. The Kier molecular flexibility index (Phi) is 10.3. The van der Waals surface area contributed by atoms with Gasteiger partial charge in [0.15, 0.2) is 0 Å². The minimum atomic E-state index is -0.296. The molecule has 0 radical (unpaired) electrons. The summed E-state index contributed by atoms with van der Waals surface area (Å²) in [5, 5.41) is 0. The van der Waals surface area contributed by atoms with E-state index in [-0.39, 0.29) is 15.4 Å². The molecule has 0 saturated heterocycles. The highest BCUT2D eigenvalue weighted by Crippen LogP contribution is 2.04. The Labute approximate surface area is 103 Å². The molecule has 16 heavy (non-hydrogen) atoms. The monoisotopic (exact) mass is 247 g/mol. The van der Waals surface area contributed by atoms with Gasteiger partial charge in [-0.3, -0.25) is 0 Å². The third kappa shape index (κ3) is 10.6. The largest absolute Gasteiger partial charge is 0.357 e. The van der Waals surface area contributed by atoms with E-state index in [1.807, 2.05) is 0 Å². The maximum atomic E-state index is 5.80. The van der Waals surface area contributed by atoms with Crippen LogP contribution in [-0.4, -0.2) is 35.2 Å².